The topological polar surface area (TPSA) is 101 Å². The van der Waals surface area contributed by atoms with Crippen LogP contribution < -0.4 is 14.9 Å². The van der Waals surface area contributed by atoms with Crippen LogP contribution in [0.25, 0.3) is 0 Å². The Morgan fingerprint density at radius 3 is 2.35 bits per heavy atom. The van der Waals surface area contributed by atoms with Crippen LogP contribution in [0.15, 0.2) is 53.7 Å². The Morgan fingerprint density at radius 1 is 1.08 bits per heavy atom. The zero-order valence-electron chi connectivity index (χ0n) is 21.8. The molecule has 2 fully saturated rings. The number of carbonyl (C=O) groups is 2. The van der Waals surface area contributed by atoms with Crippen molar-refractivity contribution in [1.82, 2.24) is 15.0 Å². The van der Waals surface area contributed by atoms with Gasteiger partial charge in [-0.1, -0.05) is 17.7 Å². The number of nitrogens with zero attached hydrogens (tertiary/aromatic N) is 2. The standard InChI is InChI=1S/C28H38N4O4S/c1-3-36-27(34)25(31-37(35)24-6-4-21(2)5-7-24)20-30-26(33)22-8-12-28(13-9-22)14-18-32(19-15-28)23-10-16-29-17-11-23/h4-7,10-11,16-17,22,25,31H,3,8-9,12-15,18-20H2,1-2H3,(H,30,33). The van der Waals surface area contributed by atoms with Crippen LogP contribution in [0.1, 0.15) is 51.0 Å². The van der Waals surface area contributed by atoms with Gasteiger partial charge in [0.15, 0.2) is 0 Å². The monoisotopic (exact) mass is 526 g/mol. The molecule has 2 atom stereocenters. The molecule has 8 nitrogen and oxygen atoms in total. The summed E-state index contributed by atoms with van der Waals surface area (Å²) in [6, 6.07) is 10.5. The van der Waals surface area contributed by atoms with Crippen LogP contribution in [0.4, 0.5) is 5.69 Å². The highest BCUT2D eigenvalue weighted by Gasteiger charge is 2.40. The van der Waals surface area contributed by atoms with Gasteiger partial charge in [-0.3, -0.25) is 14.6 Å². The Labute approximate surface area is 222 Å². The van der Waals surface area contributed by atoms with Gasteiger partial charge < -0.3 is 15.0 Å². The maximum absolute atomic E-state index is 13.0. The number of ether oxygens (including phenoxy) is 1. The summed E-state index contributed by atoms with van der Waals surface area (Å²) in [5.74, 6) is -0.623. The average Bonchev–Trinajstić information content (AvgIpc) is 2.92. The van der Waals surface area contributed by atoms with Crippen molar-refractivity contribution < 1.29 is 18.5 Å². The van der Waals surface area contributed by atoms with Crippen LogP contribution in [0, 0.1) is 18.3 Å². The molecule has 1 saturated heterocycles. The number of aromatic nitrogens is 1. The van der Waals surface area contributed by atoms with E-state index in [9.17, 15) is 13.8 Å². The number of anilines is 1. The first-order valence-corrected chi connectivity index (χ1v) is 14.4. The fraction of sp³-hybridized carbons (Fsp3) is 0.536. The highest BCUT2D eigenvalue weighted by molar-refractivity contribution is 7.83. The molecule has 37 heavy (non-hydrogen) atoms. The molecule has 2 heterocycles. The molecule has 1 spiro atoms. The molecule has 1 aliphatic heterocycles. The summed E-state index contributed by atoms with van der Waals surface area (Å²) >= 11 is 0. The number of piperidine rings is 1. The van der Waals surface area contributed by atoms with Gasteiger partial charge >= 0.3 is 5.97 Å². The predicted molar refractivity (Wildman–Crippen MR) is 144 cm³/mol. The lowest BCUT2D eigenvalue weighted by atomic mass is 9.65. The van der Waals surface area contributed by atoms with E-state index in [-0.39, 0.29) is 25.0 Å². The molecule has 1 aromatic heterocycles. The number of benzene rings is 1. The second-order valence-electron chi connectivity index (χ2n) is 10.2. The van der Waals surface area contributed by atoms with Crippen molar-refractivity contribution in [3.8, 4) is 0 Å². The molecule has 0 radical (unpaired) electrons. The number of hydrogen-bond acceptors (Lipinski definition) is 6. The summed E-state index contributed by atoms with van der Waals surface area (Å²) in [7, 11) is -1.60. The molecule has 1 amide bonds. The Bertz CT molecular complexity index is 1060. The van der Waals surface area contributed by atoms with Gasteiger partial charge in [-0.2, -0.15) is 0 Å². The third-order valence-corrected chi connectivity index (χ3v) is 9.00. The van der Waals surface area contributed by atoms with Crippen molar-refractivity contribution in [3.05, 3.63) is 54.4 Å². The van der Waals surface area contributed by atoms with Crippen LogP contribution in [0.2, 0.25) is 0 Å². The van der Waals surface area contributed by atoms with Gasteiger partial charge in [0, 0.05) is 43.6 Å². The summed E-state index contributed by atoms with van der Waals surface area (Å²) in [6.07, 6.45) is 9.77. The summed E-state index contributed by atoms with van der Waals surface area (Å²) in [4.78, 5) is 32.6. The van der Waals surface area contributed by atoms with E-state index < -0.39 is 23.0 Å². The van der Waals surface area contributed by atoms with Gasteiger partial charge in [0.05, 0.1) is 11.5 Å². The van der Waals surface area contributed by atoms with Gasteiger partial charge in [0.2, 0.25) is 5.91 Å². The molecule has 200 valence electrons. The van der Waals surface area contributed by atoms with E-state index in [4.69, 9.17) is 4.74 Å². The van der Waals surface area contributed by atoms with Crippen molar-refractivity contribution >= 4 is 28.5 Å². The maximum Gasteiger partial charge on any atom is 0.325 e. The second kappa shape index (κ2) is 12.6. The SMILES string of the molecule is CCOC(=O)C(CNC(=O)C1CCC2(CC1)CCN(c1ccncc1)CC2)NS(=O)c1ccc(C)cc1. The van der Waals surface area contributed by atoms with E-state index >= 15 is 0 Å². The lowest BCUT2D eigenvalue weighted by Gasteiger charge is -2.46. The molecule has 4 rings (SSSR count). The van der Waals surface area contributed by atoms with Crippen molar-refractivity contribution in [2.24, 2.45) is 11.3 Å². The Hall–Kier alpha value is -2.78. The third kappa shape index (κ3) is 7.17. The molecule has 2 aliphatic rings. The van der Waals surface area contributed by atoms with Gasteiger partial charge in [-0.05, 0) is 82.1 Å². The maximum atomic E-state index is 13.0. The summed E-state index contributed by atoms with van der Waals surface area (Å²) in [5, 5.41) is 2.93. The zero-order chi connectivity index (χ0) is 26.3. The van der Waals surface area contributed by atoms with Crippen LogP contribution in [-0.4, -0.2) is 53.4 Å². The molecule has 2 aromatic rings. The Kier molecular flexibility index (Phi) is 9.32. The minimum atomic E-state index is -1.60. The molecule has 2 N–H and O–H groups in total. The number of hydrogen-bond donors (Lipinski definition) is 2. The second-order valence-corrected chi connectivity index (χ2v) is 11.5. The highest BCUT2D eigenvalue weighted by atomic mass is 32.2. The summed E-state index contributed by atoms with van der Waals surface area (Å²) in [5.41, 5.74) is 2.61. The first kappa shape index (κ1) is 27.3. The first-order chi connectivity index (χ1) is 17.9. The number of aryl methyl sites for hydroxylation is 1. The Morgan fingerprint density at radius 2 is 1.73 bits per heavy atom. The molecule has 2 unspecified atom stereocenters. The zero-order valence-corrected chi connectivity index (χ0v) is 22.6. The van der Waals surface area contributed by atoms with E-state index in [2.05, 4.69) is 32.1 Å². The summed E-state index contributed by atoms with van der Waals surface area (Å²) in [6.45, 7) is 6.00. The molecule has 1 aromatic carbocycles. The lowest BCUT2D eigenvalue weighted by molar-refractivity contribution is -0.145. The van der Waals surface area contributed by atoms with E-state index in [1.165, 1.54) is 5.69 Å². The fourth-order valence-corrected chi connectivity index (χ4v) is 6.37. The smallest absolute Gasteiger partial charge is 0.325 e. The quantitative estimate of drug-likeness (QED) is 0.485. The molecule has 0 bridgehead atoms. The average molecular weight is 527 g/mol. The predicted octanol–water partition coefficient (Wildman–Crippen LogP) is 3.53. The van der Waals surface area contributed by atoms with E-state index in [1.807, 2.05) is 31.5 Å². The van der Waals surface area contributed by atoms with Crippen LogP contribution in [0.3, 0.4) is 0 Å². The Balaban J connectivity index is 1.26. The summed E-state index contributed by atoms with van der Waals surface area (Å²) < 4.78 is 20.8. The van der Waals surface area contributed by atoms with Gasteiger partial charge in [-0.25, -0.2) is 8.93 Å². The number of carbonyl (C=O) groups excluding carboxylic acids is 2. The molecule has 9 heteroatoms. The van der Waals surface area contributed by atoms with E-state index in [0.29, 0.717) is 10.3 Å². The molecular formula is C28H38N4O4S. The minimum absolute atomic E-state index is 0.0395. The van der Waals surface area contributed by atoms with E-state index in [1.54, 1.807) is 19.1 Å². The number of nitrogens with one attached hydrogen (secondary N) is 2. The number of amides is 1. The van der Waals surface area contributed by atoms with Gasteiger partial charge in [0.1, 0.15) is 17.0 Å². The van der Waals surface area contributed by atoms with Crippen molar-refractivity contribution in [1.29, 1.82) is 0 Å². The van der Waals surface area contributed by atoms with Crippen molar-refractivity contribution in [3.63, 3.8) is 0 Å². The fourth-order valence-electron chi connectivity index (χ4n) is 5.41. The molecule has 1 aliphatic carbocycles. The van der Waals surface area contributed by atoms with Crippen LogP contribution in [0.5, 0.6) is 0 Å². The van der Waals surface area contributed by atoms with Crippen LogP contribution in [-0.2, 0) is 25.3 Å². The minimum Gasteiger partial charge on any atom is -0.465 e. The lowest BCUT2D eigenvalue weighted by Crippen LogP contribution is -2.49. The number of esters is 1. The van der Waals surface area contributed by atoms with Crippen molar-refractivity contribution in [2.45, 2.75) is 63.3 Å². The van der Waals surface area contributed by atoms with Crippen molar-refractivity contribution in [2.75, 3.05) is 31.1 Å². The third-order valence-electron chi connectivity index (χ3n) is 7.80. The van der Waals surface area contributed by atoms with Crippen LogP contribution >= 0.6 is 0 Å². The molecule has 1 saturated carbocycles. The highest BCUT2D eigenvalue weighted by Crippen LogP contribution is 2.46. The van der Waals surface area contributed by atoms with E-state index in [0.717, 1.165) is 57.2 Å². The number of rotatable bonds is 9. The normalized spacial score (nSPS) is 19.2. The number of pyridine rings is 1. The van der Waals surface area contributed by atoms with Gasteiger partial charge in [0.25, 0.3) is 0 Å². The van der Waals surface area contributed by atoms with Gasteiger partial charge in [-0.15, -0.1) is 0 Å². The first-order valence-electron chi connectivity index (χ1n) is 13.2. The largest absolute Gasteiger partial charge is 0.465 e. The molecular weight excluding hydrogens is 488 g/mol.